The third-order valence-corrected chi connectivity index (χ3v) is 5.33. The Labute approximate surface area is 154 Å². The summed E-state index contributed by atoms with van der Waals surface area (Å²) in [5, 5.41) is 14.0. The number of benzene rings is 1. The predicted octanol–water partition coefficient (Wildman–Crippen LogP) is 3.30. The van der Waals surface area contributed by atoms with Crippen LogP contribution in [0.5, 0.6) is 5.75 Å². The molecule has 0 bridgehead atoms. The fourth-order valence-corrected chi connectivity index (χ4v) is 3.74. The summed E-state index contributed by atoms with van der Waals surface area (Å²) < 4.78 is 7.14. The van der Waals surface area contributed by atoms with Crippen molar-refractivity contribution in [3.63, 3.8) is 0 Å². The molecule has 0 atom stereocenters. The van der Waals surface area contributed by atoms with E-state index in [2.05, 4.69) is 15.5 Å². The molecule has 0 unspecified atom stereocenters. The minimum Gasteiger partial charge on any atom is -0.497 e. The van der Waals surface area contributed by atoms with Gasteiger partial charge in [-0.05, 0) is 54.5 Å². The summed E-state index contributed by atoms with van der Waals surface area (Å²) in [6.07, 6.45) is 1.95. The number of thiophene rings is 1. The average Bonchev–Trinajstić information content (AvgIpc) is 3.25. The number of thioether (sulfide) groups is 1. The fraction of sp³-hybridized carbons (Fsp3) is 0.235. The second-order valence-corrected chi connectivity index (χ2v) is 6.94. The van der Waals surface area contributed by atoms with Crippen molar-refractivity contribution in [2.75, 3.05) is 13.4 Å². The van der Waals surface area contributed by atoms with Gasteiger partial charge < -0.3 is 10.1 Å². The quantitative estimate of drug-likeness (QED) is 0.671. The van der Waals surface area contributed by atoms with Gasteiger partial charge in [-0.15, -0.1) is 21.5 Å². The Kier molecular flexibility index (Phi) is 5.40. The Hall–Kier alpha value is -2.32. The molecule has 0 saturated heterocycles. The second-order valence-electron chi connectivity index (χ2n) is 5.25. The van der Waals surface area contributed by atoms with E-state index in [1.54, 1.807) is 7.11 Å². The van der Waals surface area contributed by atoms with Crippen molar-refractivity contribution in [1.29, 1.82) is 0 Å². The van der Waals surface area contributed by atoms with Crippen molar-refractivity contribution in [3.05, 3.63) is 52.0 Å². The van der Waals surface area contributed by atoms with Crippen LogP contribution in [0.2, 0.25) is 0 Å². The van der Waals surface area contributed by atoms with Gasteiger partial charge >= 0.3 is 0 Å². The maximum Gasteiger partial charge on any atom is 0.261 e. The third-order valence-electron chi connectivity index (χ3n) is 3.69. The summed E-state index contributed by atoms with van der Waals surface area (Å²) in [4.78, 5) is 13.1. The van der Waals surface area contributed by atoms with E-state index in [1.807, 2.05) is 53.5 Å². The van der Waals surface area contributed by atoms with Crippen molar-refractivity contribution in [2.45, 2.75) is 18.6 Å². The van der Waals surface area contributed by atoms with Gasteiger partial charge in [0.2, 0.25) is 0 Å². The van der Waals surface area contributed by atoms with E-state index in [0.717, 1.165) is 27.0 Å². The predicted molar refractivity (Wildman–Crippen MR) is 99.9 cm³/mol. The molecule has 0 aliphatic carbocycles. The van der Waals surface area contributed by atoms with E-state index in [0.29, 0.717) is 12.4 Å². The molecule has 0 fully saturated rings. The zero-order chi connectivity index (χ0) is 17.8. The molecule has 25 heavy (non-hydrogen) atoms. The summed E-state index contributed by atoms with van der Waals surface area (Å²) in [6.45, 7) is 2.23. The zero-order valence-electron chi connectivity index (χ0n) is 14.1. The summed E-state index contributed by atoms with van der Waals surface area (Å²) >= 11 is 2.94. The van der Waals surface area contributed by atoms with Crippen LogP contribution in [-0.2, 0) is 6.54 Å². The van der Waals surface area contributed by atoms with Crippen LogP contribution in [0.15, 0.2) is 40.9 Å². The third kappa shape index (κ3) is 3.69. The smallest absolute Gasteiger partial charge is 0.261 e. The van der Waals surface area contributed by atoms with Crippen LogP contribution in [0.4, 0.5) is 0 Å². The standard InChI is InChI=1S/C17H18N4O2S2/c1-11-8-9-25-15(11)16(22)18-10-14-19-20-17(24-3)21(14)12-4-6-13(23-2)7-5-12/h4-9H,10H2,1-3H3,(H,18,22). The number of aryl methyl sites for hydroxylation is 1. The van der Waals surface area contributed by atoms with Gasteiger partial charge in [0.1, 0.15) is 5.75 Å². The number of nitrogens with zero attached hydrogens (tertiary/aromatic N) is 3. The molecule has 1 N–H and O–H groups in total. The molecular formula is C17H18N4O2S2. The lowest BCUT2D eigenvalue weighted by atomic mass is 10.3. The van der Waals surface area contributed by atoms with Gasteiger partial charge in [-0.1, -0.05) is 11.8 Å². The lowest BCUT2D eigenvalue weighted by Crippen LogP contribution is -2.24. The first kappa shape index (κ1) is 17.5. The maximum atomic E-state index is 12.3. The average molecular weight is 374 g/mol. The molecule has 1 aromatic carbocycles. The molecule has 130 valence electrons. The van der Waals surface area contributed by atoms with Gasteiger partial charge in [-0.3, -0.25) is 9.36 Å². The van der Waals surface area contributed by atoms with Gasteiger partial charge in [0.15, 0.2) is 11.0 Å². The van der Waals surface area contributed by atoms with E-state index in [-0.39, 0.29) is 5.91 Å². The molecule has 6 nitrogen and oxygen atoms in total. The summed E-state index contributed by atoms with van der Waals surface area (Å²) in [7, 11) is 1.63. The molecule has 0 aliphatic rings. The molecule has 0 spiro atoms. The molecule has 3 rings (SSSR count). The Morgan fingerprint density at radius 1 is 1.28 bits per heavy atom. The van der Waals surface area contributed by atoms with E-state index in [9.17, 15) is 4.79 Å². The second kappa shape index (κ2) is 7.71. The highest BCUT2D eigenvalue weighted by molar-refractivity contribution is 7.98. The zero-order valence-corrected chi connectivity index (χ0v) is 15.8. The van der Waals surface area contributed by atoms with Crippen molar-refractivity contribution in [1.82, 2.24) is 20.1 Å². The number of hydrogen-bond acceptors (Lipinski definition) is 6. The van der Waals surface area contributed by atoms with Crippen LogP contribution in [0.3, 0.4) is 0 Å². The molecule has 0 saturated carbocycles. The number of carbonyl (C=O) groups is 1. The number of ether oxygens (including phenoxy) is 1. The minimum atomic E-state index is -0.0949. The Morgan fingerprint density at radius 3 is 2.64 bits per heavy atom. The topological polar surface area (TPSA) is 69.0 Å². The Bertz CT molecular complexity index is 871. The molecule has 0 radical (unpaired) electrons. The lowest BCUT2D eigenvalue weighted by Gasteiger charge is -2.11. The van der Waals surface area contributed by atoms with Gasteiger partial charge in [0.25, 0.3) is 5.91 Å². The molecule has 8 heteroatoms. The van der Waals surface area contributed by atoms with Crippen molar-refractivity contribution in [3.8, 4) is 11.4 Å². The van der Waals surface area contributed by atoms with Crippen molar-refractivity contribution in [2.24, 2.45) is 0 Å². The first-order valence-electron chi connectivity index (χ1n) is 7.59. The number of hydrogen-bond donors (Lipinski definition) is 1. The van der Waals surface area contributed by atoms with Crippen LogP contribution >= 0.6 is 23.1 Å². The fourth-order valence-electron chi connectivity index (χ4n) is 2.38. The van der Waals surface area contributed by atoms with Gasteiger partial charge in [-0.2, -0.15) is 0 Å². The van der Waals surface area contributed by atoms with E-state index in [4.69, 9.17) is 4.74 Å². The largest absolute Gasteiger partial charge is 0.497 e. The van der Waals surface area contributed by atoms with E-state index in [1.165, 1.54) is 23.1 Å². The van der Waals surface area contributed by atoms with Gasteiger partial charge in [0, 0.05) is 5.69 Å². The van der Waals surface area contributed by atoms with Gasteiger partial charge in [-0.25, -0.2) is 0 Å². The lowest BCUT2D eigenvalue weighted by molar-refractivity contribution is 0.0953. The normalized spacial score (nSPS) is 10.7. The highest BCUT2D eigenvalue weighted by Crippen LogP contribution is 2.22. The van der Waals surface area contributed by atoms with Gasteiger partial charge in [0.05, 0.1) is 18.5 Å². The van der Waals surface area contributed by atoms with Crippen LogP contribution in [0, 0.1) is 6.92 Å². The molecular weight excluding hydrogens is 356 g/mol. The maximum absolute atomic E-state index is 12.3. The number of aromatic nitrogens is 3. The monoisotopic (exact) mass is 374 g/mol. The molecule has 3 aromatic rings. The number of amides is 1. The Morgan fingerprint density at radius 2 is 2.04 bits per heavy atom. The summed E-state index contributed by atoms with van der Waals surface area (Å²) in [5.74, 6) is 1.37. The Balaban J connectivity index is 1.83. The van der Waals surface area contributed by atoms with E-state index < -0.39 is 0 Å². The molecule has 0 aliphatic heterocycles. The number of nitrogens with one attached hydrogen (secondary N) is 1. The number of methoxy groups -OCH3 is 1. The first-order valence-corrected chi connectivity index (χ1v) is 9.69. The molecule has 1 amide bonds. The molecule has 2 aromatic heterocycles. The van der Waals surface area contributed by atoms with Crippen LogP contribution in [0.25, 0.3) is 5.69 Å². The highest BCUT2D eigenvalue weighted by atomic mass is 32.2. The first-order chi connectivity index (χ1) is 12.1. The summed E-state index contributed by atoms with van der Waals surface area (Å²) in [6, 6.07) is 9.59. The van der Waals surface area contributed by atoms with Crippen molar-refractivity contribution < 1.29 is 9.53 Å². The number of carbonyl (C=O) groups excluding carboxylic acids is 1. The van der Waals surface area contributed by atoms with Crippen molar-refractivity contribution >= 4 is 29.0 Å². The van der Waals surface area contributed by atoms with Crippen LogP contribution in [0.1, 0.15) is 21.1 Å². The van der Waals surface area contributed by atoms with Crippen LogP contribution < -0.4 is 10.1 Å². The highest BCUT2D eigenvalue weighted by Gasteiger charge is 2.16. The minimum absolute atomic E-state index is 0.0949. The van der Waals surface area contributed by atoms with Crippen LogP contribution in [-0.4, -0.2) is 34.0 Å². The number of rotatable bonds is 6. The SMILES string of the molecule is COc1ccc(-n2c(CNC(=O)c3sccc3C)nnc2SC)cc1. The molecule has 2 heterocycles. The van der Waals surface area contributed by atoms with E-state index >= 15 is 0 Å². The summed E-state index contributed by atoms with van der Waals surface area (Å²) in [5.41, 5.74) is 1.90.